The molecule has 1 aliphatic heterocycles. The molecule has 3 nitrogen and oxygen atoms in total. The summed E-state index contributed by atoms with van der Waals surface area (Å²) in [6.07, 6.45) is -1.78. The van der Waals surface area contributed by atoms with Gasteiger partial charge in [0.05, 0.1) is 18.7 Å². The first-order valence-corrected chi connectivity index (χ1v) is 8.85. The molecule has 1 atom stereocenters. The minimum Gasteiger partial charge on any atom is -0.511 e. The van der Waals surface area contributed by atoms with Crippen molar-refractivity contribution in [1.29, 1.82) is 0 Å². The fourth-order valence-electron chi connectivity index (χ4n) is 3.57. The first kappa shape index (κ1) is 20.6. The highest BCUT2D eigenvalue weighted by atomic mass is 19.4. The molecule has 1 saturated heterocycles. The minimum atomic E-state index is -4.44. The van der Waals surface area contributed by atoms with Crippen LogP contribution in [0, 0.1) is 0 Å². The molecule has 6 heteroatoms. The van der Waals surface area contributed by atoms with E-state index in [9.17, 15) is 18.3 Å². The highest BCUT2D eigenvalue weighted by Gasteiger charge is 2.38. The molecule has 0 aliphatic carbocycles. The summed E-state index contributed by atoms with van der Waals surface area (Å²) < 4.78 is 46.4. The molecular weight excluding hydrogens is 343 g/mol. The number of piperidine rings is 1. The molecule has 2 rings (SSSR count). The van der Waals surface area contributed by atoms with E-state index in [-0.39, 0.29) is 23.9 Å². The maximum atomic E-state index is 13.7. The summed E-state index contributed by atoms with van der Waals surface area (Å²) in [5.41, 5.74) is -0.602. The summed E-state index contributed by atoms with van der Waals surface area (Å²) in [6.45, 7) is 9.87. The lowest BCUT2D eigenvalue weighted by molar-refractivity contribution is -0.138. The van der Waals surface area contributed by atoms with Crippen LogP contribution >= 0.6 is 0 Å². The van der Waals surface area contributed by atoms with Gasteiger partial charge in [-0.15, -0.1) is 0 Å². The molecule has 1 fully saturated rings. The highest BCUT2D eigenvalue weighted by molar-refractivity contribution is 5.47. The molecular formula is C20H28F3NO2. The van der Waals surface area contributed by atoms with Crippen LogP contribution in [0.1, 0.15) is 56.7 Å². The Balaban J connectivity index is 2.49. The predicted octanol–water partition coefficient (Wildman–Crippen LogP) is 5.44. The molecule has 26 heavy (non-hydrogen) atoms. The zero-order valence-electron chi connectivity index (χ0n) is 15.9. The van der Waals surface area contributed by atoms with Crippen LogP contribution in [0.2, 0.25) is 0 Å². The molecule has 1 aromatic rings. The summed E-state index contributed by atoms with van der Waals surface area (Å²) in [5, 5.41) is 9.84. The SMILES string of the molecule is C=C(O)[C@@H]1CCCCN1Cc1cc(C(F)(F)F)c(C(C)(C)C)cc1OC. The Labute approximate surface area is 153 Å². The third kappa shape index (κ3) is 4.53. The summed E-state index contributed by atoms with van der Waals surface area (Å²) >= 11 is 0. The van der Waals surface area contributed by atoms with E-state index in [1.807, 2.05) is 4.90 Å². The van der Waals surface area contributed by atoms with Crippen LogP contribution < -0.4 is 4.74 Å². The van der Waals surface area contributed by atoms with Crippen LogP contribution in [0.15, 0.2) is 24.5 Å². The standard InChI is InChI=1S/C20H28F3NO2/c1-13(25)17-8-6-7-9-24(17)12-14-10-16(20(21,22)23)15(19(2,3)4)11-18(14)26-5/h10-11,17,25H,1,6-9,12H2,2-5H3/t17-/m0/s1. The number of benzene rings is 1. The van der Waals surface area contributed by atoms with Crippen LogP contribution in [-0.2, 0) is 18.1 Å². The smallest absolute Gasteiger partial charge is 0.416 e. The number of hydrogen-bond donors (Lipinski definition) is 1. The molecule has 0 bridgehead atoms. The van der Waals surface area contributed by atoms with Crippen molar-refractivity contribution in [2.24, 2.45) is 0 Å². The molecule has 0 spiro atoms. The fourth-order valence-corrected chi connectivity index (χ4v) is 3.57. The second-order valence-corrected chi connectivity index (χ2v) is 7.93. The van der Waals surface area contributed by atoms with Gasteiger partial charge in [-0.3, -0.25) is 4.90 Å². The zero-order chi connectivity index (χ0) is 19.7. The summed E-state index contributed by atoms with van der Waals surface area (Å²) in [4.78, 5) is 1.97. The van der Waals surface area contributed by atoms with Crippen LogP contribution in [-0.4, -0.2) is 29.7 Å². The van der Waals surface area contributed by atoms with Crippen molar-refractivity contribution >= 4 is 0 Å². The van der Waals surface area contributed by atoms with Gasteiger partial charge in [-0.25, -0.2) is 0 Å². The molecule has 0 radical (unpaired) electrons. The Bertz CT molecular complexity index is 662. The van der Waals surface area contributed by atoms with Crippen molar-refractivity contribution < 1.29 is 23.0 Å². The second kappa shape index (κ2) is 7.51. The number of aliphatic hydroxyl groups is 1. The van der Waals surface area contributed by atoms with Crippen LogP contribution in [0.3, 0.4) is 0 Å². The number of likely N-dealkylation sites (tertiary alicyclic amines) is 1. The third-order valence-corrected chi connectivity index (χ3v) is 4.91. The van der Waals surface area contributed by atoms with Gasteiger partial charge >= 0.3 is 6.18 Å². The molecule has 1 aromatic carbocycles. The number of hydrogen-bond acceptors (Lipinski definition) is 3. The van der Waals surface area contributed by atoms with Gasteiger partial charge < -0.3 is 9.84 Å². The zero-order valence-corrected chi connectivity index (χ0v) is 15.9. The van der Waals surface area contributed by atoms with E-state index in [1.54, 1.807) is 20.8 Å². The van der Waals surface area contributed by atoms with E-state index in [4.69, 9.17) is 4.74 Å². The molecule has 1 heterocycles. The molecule has 1 N–H and O–H groups in total. The molecule has 146 valence electrons. The second-order valence-electron chi connectivity index (χ2n) is 7.93. The number of rotatable bonds is 4. The third-order valence-electron chi connectivity index (χ3n) is 4.91. The highest BCUT2D eigenvalue weighted by Crippen LogP contribution is 2.41. The first-order valence-electron chi connectivity index (χ1n) is 8.85. The van der Waals surface area contributed by atoms with Crippen molar-refractivity contribution in [2.75, 3.05) is 13.7 Å². The quantitative estimate of drug-likeness (QED) is 0.716. The molecule has 0 aromatic heterocycles. The average Bonchev–Trinajstić information content (AvgIpc) is 2.53. The van der Waals surface area contributed by atoms with Crippen molar-refractivity contribution in [3.05, 3.63) is 41.2 Å². The Morgan fingerprint density at radius 3 is 2.38 bits per heavy atom. The summed E-state index contributed by atoms with van der Waals surface area (Å²) in [7, 11) is 1.47. The van der Waals surface area contributed by atoms with E-state index in [0.29, 0.717) is 17.9 Å². The number of nitrogens with zero attached hydrogens (tertiary/aromatic N) is 1. The van der Waals surface area contributed by atoms with Crippen LogP contribution in [0.4, 0.5) is 13.2 Å². The van der Waals surface area contributed by atoms with Gasteiger partial charge in [0, 0.05) is 12.1 Å². The predicted molar refractivity (Wildman–Crippen MR) is 96.5 cm³/mol. The molecule has 0 amide bonds. The van der Waals surface area contributed by atoms with Crippen LogP contribution in [0.5, 0.6) is 5.75 Å². The van der Waals surface area contributed by atoms with Crippen molar-refractivity contribution in [2.45, 2.75) is 64.2 Å². The fraction of sp³-hybridized carbons (Fsp3) is 0.600. The minimum absolute atomic E-state index is 0.0611. The van der Waals surface area contributed by atoms with E-state index in [1.165, 1.54) is 19.2 Å². The first-order chi connectivity index (χ1) is 11.9. The van der Waals surface area contributed by atoms with Gasteiger partial charge in [0.1, 0.15) is 11.5 Å². The summed E-state index contributed by atoms with van der Waals surface area (Å²) in [6, 6.07) is 2.47. The van der Waals surface area contributed by atoms with Gasteiger partial charge in [0.25, 0.3) is 0 Å². The van der Waals surface area contributed by atoms with Gasteiger partial charge in [-0.05, 0) is 42.5 Å². The molecule has 1 aliphatic rings. The number of halogens is 3. The van der Waals surface area contributed by atoms with Crippen molar-refractivity contribution in [1.82, 2.24) is 4.90 Å². The number of ether oxygens (including phenoxy) is 1. The van der Waals surface area contributed by atoms with Gasteiger partial charge in [-0.2, -0.15) is 13.2 Å². The van der Waals surface area contributed by atoms with E-state index in [2.05, 4.69) is 6.58 Å². The maximum absolute atomic E-state index is 13.7. The van der Waals surface area contributed by atoms with Crippen molar-refractivity contribution in [3.63, 3.8) is 0 Å². The number of aliphatic hydroxyl groups excluding tert-OH is 1. The Hall–Kier alpha value is -1.69. The van der Waals surface area contributed by atoms with Gasteiger partial charge in [0.2, 0.25) is 0 Å². The normalized spacial score (nSPS) is 19.4. The lowest BCUT2D eigenvalue weighted by atomic mass is 9.82. The monoisotopic (exact) mass is 371 g/mol. The largest absolute Gasteiger partial charge is 0.511 e. The number of methoxy groups -OCH3 is 1. The lowest BCUT2D eigenvalue weighted by Crippen LogP contribution is -2.40. The Morgan fingerprint density at radius 2 is 1.88 bits per heavy atom. The van der Waals surface area contributed by atoms with Crippen LogP contribution in [0.25, 0.3) is 0 Å². The van der Waals surface area contributed by atoms with E-state index in [0.717, 1.165) is 19.3 Å². The average molecular weight is 371 g/mol. The maximum Gasteiger partial charge on any atom is 0.416 e. The Kier molecular flexibility index (Phi) is 5.95. The molecule has 0 saturated carbocycles. The van der Waals surface area contributed by atoms with E-state index < -0.39 is 17.2 Å². The van der Waals surface area contributed by atoms with Gasteiger partial charge in [-0.1, -0.05) is 33.8 Å². The Morgan fingerprint density at radius 1 is 1.23 bits per heavy atom. The van der Waals surface area contributed by atoms with E-state index >= 15 is 0 Å². The van der Waals surface area contributed by atoms with Gasteiger partial charge in [0.15, 0.2) is 0 Å². The van der Waals surface area contributed by atoms with Crippen molar-refractivity contribution in [3.8, 4) is 5.75 Å². The topological polar surface area (TPSA) is 32.7 Å². The summed E-state index contributed by atoms with van der Waals surface area (Å²) in [5.74, 6) is 0.502. The lowest BCUT2D eigenvalue weighted by Gasteiger charge is -2.35. The number of alkyl halides is 3. The molecule has 0 unspecified atom stereocenters.